The number of fused-ring (bicyclic) bond motifs is 2. The fraction of sp³-hybridized carbons (Fsp3) is 0.429. The molecule has 2 saturated heterocycles. The standard InChI is InChI=1S/C28H27ClF2N6O3/c29-18-3-4-19(21(31)8-18)25-26-20(27(38)37-5-1-2-23(37)33-26)9-24(34-25)35-6-7-40-22(12-35)17-10-32-36(11-17)14-28(13-30)15-39-16-28/h3-4,8-11,22H,1-2,5-7,12-16H2/t22-/m1/s1. The number of morpholine rings is 1. The molecule has 208 valence electrons. The molecule has 0 saturated carbocycles. The number of aryl methyl sites for hydroxylation is 1. The summed E-state index contributed by atoms with van der Waals surface area (Å²) in [5.41, 5.74) is 1.12. The molecule has 0 N–H and O–H groups in total. The van der Waals surface area contributed by atoms with Gasteiger partial charge >= 0.3 is 0 Å². The minimum atomic E-state index is -0.531. The zero-order valence-corrected chi connectivity index (χ0v) is 22.4. The fourth-order valence-corrected chi connectivity index (χ4v) is 5.90. The van der Waals surface area contributed by atoms with Crippen molar-refractivity contribution in [1.29, 1.82) is 0 Å². The van der Waals surface area contributed by atoms with Crippen molar-refractivity contribution in [3.63, 3.8) is 0 Å². The number of aromatic nitrogens is 5. The number of alkyl halides is 1. The molecule has 3 aliphatic rings. The van der Waals surface area contributed by atoms with Gasteiger partial charge in [0.15, 0.2) is 0 Å². The summed E-state index contributed by atoms with van der Waals surface area (Å²) in [5.74, 6) is 0.697. The molecule has 1 atom stereocenters. The Morgan fingerprint density at radius 3 is 2.83 bits per heavy atom. The molecule has 3 aromatic heterocycles. The molecule has 9 nitrogen and oxygen atoms in total. The summed E-state index contributed by atoms with van der Waals surface area (Å²) in [7, 11) is 0. The highest BCUT2D eigenvalue weighted by atomic mass is 35.5. The number of benzene rings is 1. The lowest BCUT2D eigenvalue weighted by Gasteiger charge is -2.38. The number of hydrogen-bond donors (Lipinski definition) is 0. The topological polar surface area (TPSA) is 87.3 Å². The van der Waals surface area contributed by atoms with Crippen molar-refractivity contribution < 1.29 is 18.3 Å². The lowest BCUT2D eigenvalue weighted by atomic mass is 9.88. The van der Waals surface area contributed by atoms with Crippen LogP contribution < -0.4 is 10.5 Å². The maximum Gasteiger partial charge on any atom is 0.261 e. The van der Waals surface area contributed by atoms with Crippen LogP contribution in [0, 0.1) is 11.2 Å². The summed E-state index contributed by atoms with van der Waals surface area (Å²) in [6.45, 7) is 2.76. The zero-order chi connectivity index (χ0) is 27.4. The predicted molar refractivity (Wildman–Crippen MR) is 145 cm³/mol. The second-order valence-corrected chi connectivity index (χ2v) is 11.3. The normalized spacial score (nSPS) is 20.1. The molecule has 4 aromatic rings. The van der Waals surface area contributed by atoms with Gasteiger partial charge in [0, 0.05) is 48.4 Å². The highest BCUT2D eigenvalue weighted by Crippen LogP contribution is 2.34. The largest absolute Gasteiger partial charge is 0.380 e. The summed E-state index contributed by atoms with van der Waals surface area (Å²) >= 11 is 6.03. The SMILES string of the molecule is O=c1c2cc(N3CCO[C@@H](c4cnn(CC5(CF)COC5)c4)C3)nc(-c3ccc(Cl)cc3F)c2nc2n1CCC2. The molecular formula is C28H27ClF2N6O3. The van der Waals surface area contributed by atoms with E-state index >= 15 is 4.39 Å². The number of anilines is 1. The summed E-state index contributed by atoms with van der Waals surface area (Å²) in [4.78, 5) is 25.2. The average Bonchev–Trinajstić information content (AvgIpc) is 3.61. The van der Waals surface area contributed by atoms with Crippen LogP contribution in [0.15, 0.2) is 41.5 Å². The van der Waals surface area contributed by atoms with Crippen LogP contribution in [-0.2, 0) is 29.0 Å². The number of ether oxygens (including phenoxy) is 2. The molecule has 0 bridgehead atoms. The van der Waals surface area contributed by atoms with Gasteiger partial charge in [-0.15, -0.1) is 0 Å². The number of nitrogens with zero attached hydrogens (tertiary/aromatic N) is 6. The molecule has 2 fully saturated rings. The molecule has 0 spiro atoms. The molecule has 6 heterocycles. The first kappa shape index (κ1) is 25.6. The Morgan fingerprint density at radius 1 is 1.18 bits per heavy atom. The molecule has 0 amide bonds. The third kappa shape index (κ3) is 4.36. The van der Waals surface area contributed by atoms with Crippen molar-refractivity contribution in [3.8, 4) is 11.3 Å². The number of hydrogen-bond acceptors (Lipinski definition) is 7. The van der Waals surface area contributed by atoms with E-state index in [0.717, 1.165) is 12.0 Å². The van der Waals surface area contributed by atoms with E-state index in [0.29, 0.717) is 80.7 Å². The lowest BCUT2D eigenvalue weighted by Crippen LogP contribution is -2.47. The fourth-order valence-electron chi connectivity index (χ4n) is 5.74. The summed E-state index contributed by atoms with van der Waals surface area (Å²) < 4.78 is 43.5. The second kappa shape index (κ2) is 9.90. The van der Waals surface area contributed by atoms with Crippen LogP contribution in [0.2, 0.25) is 5.02 Å². The number of pyridine rings is 1. The van der Waals surface area contributed by atoms with E-state index in [9.17, 15) is 9.18 Å². The van der Waals surface area contributed by atoms with Crippen molar-refractivity contribution in [1.82, 2.24) is 24.3 Å². The Bertz CT molecular complexity index is 1660. The van der Waals surface area contributed by atoms with Crippen LogP contribution in [0.1, 0.15) is 23.9 Å². The Kier molecular flexibility index (Phi) is 6.32. The van der Waals surface area contributed by atoms with Crippen LogP contribution in [-0.4, -0.2) is 63.9 Å². The van der Waals surface area contributed by atoms with Crippen molar-refractivity contribution in [2.75, 3.05) is 44.5 Å². The Hall–Kier alpha value is -3.41. The van der Waals surface area contributed by atoms with E-state index in [4.69, 9.17) is 31.0 Å². The first-order chi connectivity index (χ1) is 19.4. The van der Waals surface area contributed by atoms with E-state index in [1.54, 1.807) is 33.6 Å². The van der Waals surface area contributed by atoms with Crippen LogP contribution >= 0.6 is 11.6 Å². The van der Waals surface area contributed by atoms with Gasteiger partial charge in [-0.3, -0.25) is 18.4 Å². The van der Waals surface area contributed by atoms with E-state index in [1.165, 1.54) is 6.07 Å². The maximum atomic E-state index is 15.2. The molecule has 3 aliphatic heterocycles. The molecule has 1 aromatic carbocycles. The quantitative estimate of drug-likeness (QED) is 0.348. The van der Waals surface area contributed by atoms with Crippen molar-refractivity contribution in [2.24, 2.45) is 5.41 Å². The van der Waals surface area contributed by atoms with E-state index in [2.05, 4.69) is 5.10 Å². The van der Waals surface area contributed by atoms with Gasteiger partial charge in [-0.1, -0.05) is 11.6 Å². The second-order valence-electron chi connectivity index (χ2n) is 10.8. The Balaban J connectivity index is 1.25. The molecular weight excluding hydrogens is 542 g/mol. The Morgan fingerprint density at radius 2 is 2.05 bits per heavy atom. The van der Waals surface area contributed by atoms with Crippen molar-refractivity contribution >= 4 is 28.3 Å². The van der Waals surface area contributed by atoms with Crippen LogP contribution in [0.25, 0.3) is 22.2 Å². The van der Waals surface area contributed by atoms with E-state index in [1.807, 2.05) is 11.1 Å². The van der Waals surface area contributed by atoms with Crippen LogP contribution in [0.3, 0.4) is 0 Å². The summed E-state index contributed by atoms with van der Waals surface area (Å²) in [5, 5.41) is 5.11. The molecule has 0 radical (unpaired) electrons. The molecule has 40 heavy (non-hydrogen) atoms. The van der Waals surface area contributed by atoms with Gasteiger partial charge in [-0.25, -0.2) is 14.4 Å². The third-order valence-corrected chi connectivity index (χ3v) is 8.22. The van der Waals surface area contributed by atoms with Gasteiger partial charge in [0.2, 0.25) is 0 Å². The highest BCUT2D eigenvalue weighted by molar-refractivity contribution is 6.30. The highest BCUT2D eigenvalue weighted by Gasteiger charge is 2.40. The number of rotatable bonds is 6. The van der Waals surface area contributed by atoms with E-state index < -0.39 is 17.9 Å². The van der Waals surface area contributed by atoms with Gasteiger partial charge in [-0.2, -0.15) is 5.10 Å². The smallest absolute Gasteiger partial charge is 0.261 e. The van der Waals surface area contributed by atoms with Gasteiger partial charge < -0.3 is 14.4 Å². The van der Waals surface area contributed by atoms with Crippen LogP contribution in [0.5, 0.6) is 0 Å². The summed E-state index contributed by atoms with van der Waals surface area (Å²) in [6.07, 6.45) is 4.83. The monoisotopic (exact) mass is 568 g/mol. The predicted octanol–water partition coefficient (Wildman–Crippen LogP) is 3.96. The van der Waals surface area contributed by atoms with Crippen LogP contribution in [0.4, 0.5) is 14.6 Å². The van der Waals surface area contributed by atoms with Gasteiger partial charge in [0.25, 0.3) is 5.56 Å². The van der Waals surface area contributed by atoms with E-state index in [-0.39, 0.29) is 22.2 Å². The molecule has 12 heteroatoms. The first-order valence-corrected chi connectivity index (χ1v) is 13.7. The third-order valence-electron chi connectivity index (χ3n) is 7.99. The minimum absolute atomic E-state index is 0.148. The lowest BCUT2D eigenvalue weighted by molar-refractivity contribution is -0.133. The van der Waals surface area contributed by atoms with Gasteiger partial charge in [0.05, 0.1) is 43.4 Å². The minimum Gasteiger partial charge on any atom is -0.380 e. The van der Waals surface area contributed by atoms with Gasteiger partial charge in [-0.05, 0) is 30.7 Å². The van der Waals surface area contributed by atoms with Crippen molar-refractivity contribution in [3.05, 3.63) is 69.2 Å². The maximum absolute atomic E-state index is 15.2. The molecule has 0 aliphatic carbocycles. The zero-order valence-electron chi connectivity index (χ0n) is 21.7. The van der Waals surface area contributed by atoms with Crippen molar-refractivity contribution in [2.45, 2.75) is 32.0 Å². The molecule has 0 unspecified atom stereocenters. The van der Waals surface area contributed by atoms with Gasteiger partial charge in [0.1, 0.15) is 41.4 Å². The number of halogens is 3. The summed E-state index contributed by atoms with van der Waals surface area (Å²) in [6, 6.07) is 6.17. The Labute approximate surface area is 233 Å². The molecule has 7 rings (SSSR count). The average molecular weight is 569 g/mol. The first-order valence-electron chi connectivity index (χ1n) is 13.4.